The van der Waals surface area contributed by atoms with Gasteiger partial charge >= 0.3 is 15.6 Å². The highest BCUT2D eigenvalue weighted by atomic mass is 32.2. The van der Waals surface area contributed by atoms with E-state index in [4.69, 9.17) is 0 Å². The highest BCUT2D eigenvalue weighted by Gasteiger charge is 2.49. The van der Waals surface area contributed by atoms with Crippen molar-refractivity contribution in [3.8, 4) is 5.75 Å². The molecular weight excluding hydrogens is 368 g/mol. The number of hydrogen-bond donors (Lipinski definition) is 0. The van der Waals surface area contributed by atoms with Gasteiger partial charge in [-0.15, -0.1) is 0 Å². The third-order valence-corrected chi connectivity index (χ3v) is 8.07. The average molecular weight is 389 g/mol. The lowest BCUT2D eigenvalue weighted by molar-refractivity contribution is -0.0499. The van der Waals surface area contributed by atoms with Crippen LogP contribution >= 0.6 is 0 Å². The summed E-state index contributed by atoms with van der Waals surface area (Å²) in [5, 5.41) is 0.450. The summed E-state index contributed by atoms with van der Waals surface area (Å²) in [5.41, 5.74) is -5.53. The van der Waals surface area contributed by atoms with Crippen molar-refractivity contribution in [1.82, 2.24) is 0 Å². The van der Waals surface area contributed by atoms with Crippen molar-refractivity contribution in [1.29, 1.82) is 0 Å². The average Bonchev–Trinajstić information content (AvgIpc) is 2.26. The molecule has 0 saturated heterocycles. The zero-order chi connectivity index (χ0) is 18.4. The Kier molecular flexibility index (Phi) is 5.16. The van der Waals surface area contributed by atoms with Gasteiger partial charge in [-0.25, -0.2) is 4.39 Å². The Morgan fingerprint density at radius 1 is 0.913 bits per heavy atom. The van der Waals surface area contributed by atoms with Crippen LogP contribution in [0, 0.1) is 5.82 Å². The molecule has 0 N–H and O–H groups in total. The Morgan fingerprint density at radius 3 is 1.52 bits per heavy atom. The molecule has 0 aliphatic heterocycles. The molecular formula is C13H20F4O3SSi2. The Balaban J connectivity index is 3.75. The van der Waals surface area contributed by atoms with Gasteiger partial charge in [0.2, 0.25) is 0 Å². The van der Waals surface area contributed by atoms with Gasteiger partial charge in [-0.3, -0.25) is 0 Å². The quantitative estimate of drug-likeness (QED) is 0.344. The van der Waals surface area contributed by atoms with E-state index in [0.717, 1.165) is 12.1 Å². The maximum atomic E-state index is 14.0. The van der Waals surface area contributed by atoms with Crippen LogP contribution in [0.4, 0.5) is 17.6 Å². The molecule has 0 amide bonds. The zero-order valence-electron chi connectivity index (χ0n) is 13.8. The van der Waals surface area contributed by atoms with Crippen molar-refractivity contribution in [2.75, 3.05) is 0 Å². The molecule has 0 radical (unpaired) electrons. The molecule has 0 aliphatic carbocycles. The van der Waals surface area contributed by atoms with E-state index in [9.17, 15) is 26.0 Å². The lowest BCUT2D eigenvalue weighted by Gasteiger charge is -2.27. The molecule has 0 bridgehead atoms. The van der Waals surface area contributed by atoms with Gasteiger partial charge in [0.1, 0.15) is 11.6 Å². The molecule has 0 unspecified atom stereocenters. The van der Waals surface area contributed by atoms with Crippen molar-refractivity contribution >= 4 is 36.6 Å². The predicted molar refractivity (Wildman–Crippen MR) is 88.0 cm³/mol. The summed E-state index contributed by atoms with van der Waals surface area (Å²) < 4.78 is 79.4. The highest BCUT2D eigenvalue weighted by molar-refractivity contribution is 7.88. The van der Waals surface area contributed by atoms with Crippen LogP contribution < -0.4 is 14.6 Å². The van der Waals surface area contributed by atoms with E-state index >= 15 is 0 Å². The summed E-state index contributed by atoms with van der Waals surface area (Å²) in [4.78, 5) is 0. The molecule has 0 atom stereocenters. The summed E-state index contributed by atoms with van der Waals surface area (Å²) in [6, 6.07) is 2.16. The first-order chi connectivity index (χ1) is 9.97. The summed E-state index contributed by atoms with van der Waals surface area (Å²) in [6.45, 7) is 10.7. The second-order valence-corrected chi connectivity index (χ2v) is 18.9. The van der Waals surface area contributed by atoms with Crippen LogP contribution in [-0.4, -0.2) is 30.1 Å². The van der Waals surface area contributed by atoms with Crippen molar-refractivity contribution in [2.45, 2.75) is 44.8 Å². The fraction of sp³-hybridized carbons (Fsp3) is 0.538. The lowest BCUT2D eigenvalue weighted by Crippen LogP contribution is -2.48. The maximum Gasteiger partial charge on any atom is 0.534 e. The SMILES string of the molecule is C[Si](C)(C)c1cc(F)cc([Si](C)(C)C)c1OS(=O)(=O)C(F)(F)F. The predicted octanol–water partition coefficient (Wildman–Crippen LogP) is 3.14. The lowest BCUT2D eigenvalue weighted by atomic mass is 10.3. The van der Waals surface area contributed by atoms with Gasteiger partial charge in [0.05, 0.1) is 16.1 Å². The summed E-state index contributed by atoms with van der Waals surface area (Å²) in [7, 11) is -10.5. The first-order valence-corrected chi connectivity index (χ1v) is 15.2. The van der Waals surface area contributed by atoms with Crippen LogP contribution in [0.5, 0.6) is 5.75 Å². The summed E-state index contributed by atoms with van der Waals surface area (Å²) >= 11 is 0. The first-order valence-electron chi connectivity index (χ1n) is 6.82. The van der Waals surface area contributed by atoms with E-state index in [2.05, 4.69) is 4.18 Å². The van der Waals surface area contributed by atoms with Gasteiger partial charge in [-0.05, 0) is 22.5 Å². The second kappa shape index (κ2) is 5.89. The molecule has 23 heavy (non-hydrogen) atoms. The monoisotopic (exact) mass is 388 g/mol. The minimum Gasteiger partial charge on any atom is -0.376 e. The number of hydrogen-bond acceptors (Lipinski definition) is 3. The molecule has 3 nitrogen and oxygen atoms in total. The number of benzene rings is 1. The number of halogens is 4. The van der Waals surface area contributed by atoms with Crippen molar-refractivity contribution in [3.05, 3.63) is 17.9 Å². The standard InChI is InChI=1S/C13H20F4O3SSi2/c1-22(2,3)10-7-9(14)8-11(23(4,5)6)12(10)20-21(18,19)13(15,16)17/h7-8H,1-6H3. The molecule has 0 heterocycles. The topological polar surface area (TPSA) is 43.4 Å². The molecule has 0 saturated carbocycles. The fourth-order valence-corrected chi connectivity index (χ4v) is 5.60. The van der Waals surface area contributed by atoms with Crippen LogP contribution in [-0.2, 0) is 10.1 Å². The Hall–Kier alpha value is -0.876. The van der Waals surface area contributed by atoms with E-state index < -0.39 is 37.6 Å². The van der Waals surface area contributed by atoms with Crippen LogP contribution in [0.15, 0.2) is 12.1 Å². The molecule has 0 aromatic heterocycles. The van der Waals surface area contributed by atoms with Gasteiger partial charge in [0.15, 0.2) is 0 Å². The first kappa shape index (κ1) is 20.2. The van der Waals surface area contributed by atoms with Gasteiger partial charge in [0, 0.05) is 0 Å². The Labute approximate surface area is 135 Å². The number of alkyl halides is 3. The largest absolute Gasteiger partial charge is 0.534 e. The van der Waals surface area contributed by atoms with Gasteiger partial charge < -0.3 is 4.18 Å². The minimum absolute atomic E-state index is 0.225. The van der Waals surface area contributed by atoms with Crippen molar-refractivity contribution < 1.29 is 30.2 Å². The van der Waals surface area contributed by atoms with E-state index in [1.807, 2.05) is 0 Å². The van der Waals surface area contributed by atoms with Crippen LogP contribution in [0.1, 0.15) is 0 Å². The second-order valence-electron chi connectivity index (χ2n) is 7.31. The van der Waals surface area contributed by atoms with Crippen LogP contribution in [0.25, 0.3) is 0 Å². The van der Waals surface area contributed by atoms with Crippen molar-refractivity contribution in [3.63, 3.8) is 0 Å². The third-order valence-electron chi connectivity index (χ3n) is 3.15. The van der Waals surface area contributed by atoms with Crippen molar-refractivity contribution in [2.24, 2.45) is 0 Å². The molecule has 132 valence electrons. The third kappa shape index (κ3) is 4.57. The van der Waals surface area contributed by atoms with Gasteiger partial charge in [0.25, 0.3) is 0 Å². The van der Waals surface area contributed by atoms with Gasteiger partial charge in [-0.2, -0.15) is 21.6 Å². The minimum atomic E-state index is -5.81. The highest BCUT2D eigenvalue weighted by Crippen LogP contribution is 2.28. The molecule has 0 aliphatic rings. The van der Waals surface area contributed by atoms with Gasteiger partial charge in [-0.1, -0.05) is 39.3 Å². The fourth-order valence-electron chi connectivity index (χ4n) is 1.95. The van der Waals surface area contributed by atoms with E-state index in [0.29, 0.717) is 0 Å². The summed E-state index contributed by atoms with van der Waals surface area (Å²) in [5.74, 6) is -0.946. The molecule has 0 fully saturated rings. The Bertz CT molecular complexity index is 666. The molecule has 1 aromatic rings. The maximum absolute atomic E-state index is 14.0. The van der Waals surface area contributed by atoms with E-state index in [-0.39, 0.29) is 16.1 Å². The van der Waals surface area contributed by atoms with Crippen LogP contribution in [0.3, 0.4) is 0 Å². The van der Waals surface area contributed by atoms with Crippen LogP contribution in [0.2, 0.25) is 39.3 Å². The van der Waals surface area contributed by atoms with E-state index in [1.165, 1.54) is 0 Å². The summed E-state index contributed by atoms with van der Waals surface area (Å²) in [6.07, 6.45) is 0. The van der Waals surface area contributed by atoms with E-state index in [1.54, 1.807) is 39.3 Å². The zero-order valence-corrected chi connectivity index (χ0v) is 16.6. The smallest absolute Gasteiger partial charge is 0.376 e. The molecule has 0 spiro atoms. The normalized spacial score (nSPS) is 14.0. The molecule has 10 heteroatoms. The molecule has 1 rings (SSSR count). The molecule has 1 aromatic carbocycles. The Morgan fingerprint density at radius 2 is 1.26 bits per heavy atom. The number of rotatable bonds is 4.